The summed E-state index contributed by atoms with van der Waals surface area (Å²) >= 11 is 1.32. The number of phenolic OH excluding ortho intramolecular Hbond substituents is 1. The van der Waals surface area contributed by atoms with Gasteiger partial charge in [-0.3, -0.25) is 4.79 Å². The Bertz CT molecular complexity index is 649. The van der Waals surface area contributed by atoms with Crippen molar-refractivity contribution in [3.63, 3.8) is 0 Å². The summed E-state index contributed by atoms with van der Waals surface area (Å²) in [6, 6.07) is 14.9. The molecular formula is C17H17NO3S. The molecule has 3 rings (SSSR count). The summed E-state index contributed by atoms with van der Waals surface area (Å²) in [4.78, 5) is 12.6. The number of rotatable bonds is 5. The largest absolute Gasteiger partial charge is 0.507 e. The summed E-state index contributed by atoms with van der Waals surface area (Å²) in [5.41, 5.74) is 1.19. The fraction of sp³-hybridized carbons (Fsp3) is 0.235. The van der Waals surface area contributed by atoms with Gasteiger partial charge in [0.25, 0.3) is 0 Å². The Hall–Kier alpha value is -2.14. The van der Waals surface area contributed by atoms with Gasteiger partial charge < -0.3 is 15.2 Å². The average molecular weight is 315 g/mol. The van der Waals surface area contributed by atoms with Crippen LogP contribution in [0, 0.1) is 0 Å². The maximum absolute atomic E-state index is 11.9. The number of carbonyl (C=O) groups is 1. The van der Waals surface area contributed by atoms with Crippen molar-refractivity contribution in [1.82, 2.24) is 5.32 Å². The van der Waals surface area contributed by atoms with Crippen molar-refractivity contribution >= 4 is 17.7 Å². The minimum absolute atomic E-state index is 0.00326. The number of fused-ring (bicyclic) bond motifs is 1. The maximum Gasteiger partial charge on any atom is 0.230 e. The Morgan fingerprint density at radius 2 is 2.00 bits per heavy atom. The Morgan fingerprint density at radius 3 is 2.82 bits per heavy atom. The number of nitrogens with one attached hydrogen (secondary N) is 1. The molecule has 0 fully saturated rings. The molecule has 1 aliphatic rings. The first-order valence-corrected chi connectivity index (χ1v) is 8.13. The van der Waals surface area contributed by atoms with Crippen LogP contribution in [0.1, 0.15) is 5.56 Å². The summed E-state index contributed by atoms with van der Waals surface area (Å²) in [5, 5.41) is 12.5. The predicted molar refractivity (Wildman–Crippen MR) is 86.4 cm³/mol. The third kappa shape index (κ3) is 3.54. The van der Waals surface area contributed by atoms with E-state index in [1.54, 1.807) is 18.2 Å². The molecule has 0 saturated heterocycles. The van der Waals surface area contributed by atoms with Gasteiger partial charge in [0.1, 0.15) is 17.6 Å². The monoisotopic (exact) mass is 315 g/mol. The molecule has 0 bridgehead atoms. The highest BCUT2D eigenvalue weighted by atomic mass is 32.2. The van der Waals surface area contributed by atoms with Crippen molar-refractivity contribution in [1.29, 1.82) is 0 Å². The summed E-state index contributed by atoms with van der Waals surface area (Å²) in [7, 11) is 0. The SMILES string of the molecule is O=C(CSc1ccccc1O)NC[C@@H]1Cc2ccccc2O1. The van der Waals surface area contributed by atoms with Crippen molar-refractivity contribution in [2.75, 3.05) is 12.3 Å². The Kier molecular flexibility index (Phi) is 4.53. The zero-order chi connectivity index (χ0) is 15.4. The summed E-state index contributed by atoms with van der Waals surface area (Å²) < 4.78 is 5.78. The van der Waals surface area contributed by atoms with Crippen molar-refractivity contribution in [2.45, 2.75) is 17.4 Å². The molecule has 2 N–H and O–H groups in total. The Labute approximate surface area is 133 Å². The van der Waals surface area contributed by atoms with Crippen molar-refractivity contribution in [2.24, 2.45) is 0 Å². The summed E-state index contributed by atoms with van der Waals surface area (Å²) in [5.74, 6) is 1.32. The molecule has 4 nitrogen and oxygen atoms in total. The van der Waals surface area contributed by atoms with E-state index in [2.05, 4.69) is 5.32 Å². The molecule has 2 aromatic carbocycles. The van der Waals surface area contributed by atoms with Crippen LogP contribution in [0.5, 0.6) is 11.5 Å². The van der Waals surface area contributed by atoms with E-state index in [4.69, 9.17) is 4.74 Å². The lowest BCUT2D eigenvalue weighted by Gasteiger charge is -2.12. The van der Waals surface area contributed by atoms with E-state index in [1.807, 2.05) is 30.3 Å². The smallest absolute Gasteiger partial charge is 0.230 e. The van der Waals surface area contributed by atoms with E-state index >= 15 is 0 Å². The topological polar surface area (TPSA) is 58.6 Å². The number of hydrogen-bond donors (Lipinski definition) is 2. The zero-order valence-electron chi connectivity index (χ0n) is 12.0. The van der Waals surface area contributed by atoms with Gasteiger partial charge in [-0.05, 0) is 23.8 Å². The van der Waals surface area contributed by atoms with Crippen LogP contribution in [0.3, 0.4) is 0 Å². The minimum Gasteiger partial charge on any atom is -0.507 e. The van der Waals surface area contributed by atoms with Crippen LogP contribution < -0.4 is 10.1 Å². The van der Waals surface area contributed by atoms with Crippen LogP contribution in [-0.2, 0) is 11.2 Å². The lowest BCUT2D eigenvalue weighted by molar-refractivity contribution is -0.118. The molecule has 0 radical (unpaired) electrons. The number of carbonyl (C=O) groups excluding carboxylic acids is 1. The fourth-order valence-electron chi connectivity index (χ4n) is 2.37. The van der Waals surface area contributed by atoms with Gasteiger partial charge >= 0.3 is 0 Å². The first kappa shape index (κ1) is 14.8. The van der Waals surface area contributed by atoms with E-state index in [0.29, 0.717) is 11.4 Å². The Morgan fingerprint density at radius 1 is 1.23 bits per heavy atom. The van der Waals surface area contributed by atoms with Crippen molar-refractivity contribution in [3.05, 3.63) is 54.1 Å². The molecular weight excluding hydrogens is 298 g/mol. The van der Waals surface area contributed by atoms with E-state index in [0.717, 1.165) is 12.2 Å². The standard InChI is InChI=1S/C17H17NO3S/c19-14-6-2-4-8-16(14)22-11-17(20)18-10-13-9-12-5-1-3-7-15(12)21-13/h1-8,13,19H,9-11H2,(H,18,20)/t13-/m0/s1. The molecule has 0 saturated carbocycles. The van der Waals surface area contributed by atoms with Crippen LogP contribution in [0.25, 0.3) is 0 Å². The van der Waals surface area contributed by atoms with Gasteiger partial charge in [-0.25, -0.2) is 0 Å². The van der Waals surface area contributed by atoms with Gasteiger partial charge in [-0.1, -0.05) is 30.3 Å². The lowest BCUT2D eigenvalue weighted by Crippen LogP contribution is -2.35. The van der Waals surface area contributed by atoms with Gasteiger partial charge in [0.05, 0.1) is 12.3 Å². The number of para-hydroxylation sites is 2. The summed E-state index contributed by atoms with van der Waals surface area (Å²) in [6.45, 7) is 0.495. The molecule has 22 heavy (non-hydrogen) atoms. The number of thioether (sulfide) groups is 1. The lowest BCUT2D eigenvalue weighted by atomic mass is 10.1. The molecule has 0 spiro atoms. The second-order valence-electron chi connectivity index (χ2n) is 5.11. The first-order valence-electron chi connectivity index (χ1n) is 7.14. The molecule has 1 aliphatic heterocycles. The molecule has 1 amide bonds. The molecule has 5 heteroatoms. The van der Waals surface area contributed by atoms with Crippen molar-refractivity contribution in [3.8, 4) is 11.5 Å². The quantitative estimate of drug-likeness (QED) is 0.833. The van der Waals surface area contributed by atoms with Gasteiger partial charge in [-0.2, -0.15) is 0 Å². The molecule has 114 valence electrons. The minimum atomic E-state index is -0.0622. The van der Waals surface area contributed by atoms with E-state index < -0.39 is 0 Å². The van der Waals surface area contributed by atoms with Crippen LogP contribution in [-0.4, -0.2) is 29.4 Å². The third-order valence-corrected chi connectivity index (χ3v) is 4.53. The van der Waals surface area contributed by atoms with Crippen LogP contribution in [0.15, 0.2) is 53.4 Å². The second-order valence-corrected chi connectivity index (χ2v) is 6.13. The molecule has 0 unspecified atom stereocenters. The molecule has 2 aromatic rings. The number of aromatic hydroxyl groups is 1. The molecule has 0 aromatic heterocycles. The zero-order valence-corrected chi connectivity index (χ0v) is 12.8. The number of hydrogen-bond acceptors (Lipinski definition) is 4. The highest BCUT2D eigenvalue weighted by molar-refractivity contribution is 8.00. The highest BCUT2D eigenvalue weighted by Gasteiger charge is 2.22. The third-order valence-electron chi connectivity index (χ3n) is 3.46. The predicted octanol–water partition coefficient (Wildman–Crippen LogP) is 2.60. The molecule has 1 atom stereocenters. The first-order chi connectivity index (χ1) is 10.7. The van der Waals surface area contributed by atoms with E-state index in [-0.39, 0.29) is 23.5 Å². The number of ether oxygens (including phenoxy) is 1. The normalized spacial score (nSPS) is 15.9. The van der Waals surface area contributed by atoms with E-state index in [9.17, 15) is 9.90 Å². The van der Waals surface area contributed by atoms with Gasteiger partial charge in [-0.15, -0.1) is 11.8 Å². The molecule has 0 aliphatic carbocycles. The number of benzene rings is 2. The van der Waals surface area contributed by atoms with Crippen LogP contribution in [0.4, 0.5) is 0 Å². The van der Waals surface area contributed by atoms with Gasteiger partial charge in [0, 0.05) is 11.3 Å². The number of phenols is 1. The van der Waals surface area contributed by atoms with E-state index in [1.165, 1.54) is 17.3 Å². The molecule has 1 heterocycles. The average Bonchev–Trinajstić information content (AvgIpc) is 2.95. The fourth-order valence-corrected chi connectivity index (χ4v) is 3.15. The Balaban J connectivity index is 1.43. The van der Waals surface area contributed by atoms with Crippen molar-refractivity contribution < 1.29 is 14.6 Å². The van der Waals surface area contributed by atoms with Crippen LogP contribution >= 0.6 is 11.8 Å². The summed E-state index contributed by atoms with van der Waals surface area (Å²) in [6.07, 6.45) is 0.819. The van der Waals surface area contributed by atoms with Gasteiger partial charge in [0.15, 0.2) is 0 Å². The maximum atomic E-state index is 11.9. The van der Waals surface area contributed by atoms with Crippen LogP contribution in [0.2, 0.25) is 0 Å². The highest BCUT2D eigenvalue weighted by Crippen LogP contribution is 2.28. The second kappa shape index (κ2) is 6.75. The van der Waals surface area contributed by atoms with Gasteiger partial charge in [0.2, 0.25) is 5.91 Å². The number of amides is 1.